The fourth-order valence-corrected chi connectivity index (χ4v) is 4.78. The van der Waals surface area contributed by atoms with Crippen LogP contribution in [-0.2, 0) is 9.84 Å². The van der Waals surface area contributed by atoms with Gasteiger partial charge in [-0.1, -0.05) is 13.0 Å². The van der Waals surface area contributed by atoms with E-state index in [9.17, 15) is 13.2 Å². The van der Waals surface area contributed by atoms with E-state index < -0.39 is 9.84 Å². The maximum atomic E-state index is 12.6. The summed E-state index contributed by atoms with van der Waals surface area (Å²) >= 11 is 1.61. The third-order valence-corrected chi connectivity index (χ3v) is 6.09. The molecule has 0 N–H and O–H groups in total. The Morgan fingerprint density at radius 2 is 2.32 bits per heavy atom. The second-order valence-corrected chi connectivity index (χ2v) is 8.63. The van der Waals surface area contributed by atoms with Crippen LogP contribution in [0.15, 0.2) is 36.0 Å². The Kier molecular flexibility index (Phi) is 5.63. The maximum absolute atomic E-state index is 12.6. The van der Waals surface area contributed by atoms with Crippen LogP contribution in [0.4, 0.5) is 0 Å². The van der Waals surface area contributed by atoms with E-state index in [1.807, 2.05) is 13.0 Å². The number of aromatic nitrogens is 1. The molecule has 0 radical (unpaired) electrons. The monoisotopic (exact) mass is 340 g/mol. The van der Waals surface area contributed by atoms with Crippen molar-refractivity contribution in [1.82, 2.24) is 9.88 Å². The largest absolute Gasteiger partial charge is 0.331 e. The van der Waals surface area contributed by atoms with Crippen molar-refractivity contribution in [2.24, 2.45) is 0 Å². The summed E-state index contributed by atoms with van der Waals surface area (Å²) in [7, 11) is -3.04. The Labute approximate surface area is 135 Å². The molecule has 1 saturated heterocycles. The minimum absolute atomic E-state index is 0.0315. The van der Waals surface area contributed by atoms with Crippen molar-refractivity contribution >= 4 is 27.5 Å². The lowest BCUT2D eigenvalue weighted by Crippen LogP contribution is -2.41. The molecule has 7 heteroatoms. The van der Waals surface area contributed by atoms with Gasteiger partial charge < -0.3 is 4.90 Å². The van der Waals surface area contributed by atoms with Gasteiger partial charge in [0.25, 0.3) is 5.91 Å². The third kappa shape index (κ3) is 4.10. The van der Waals surface area contributed by atoms with E-state index in [0.29, 0.717) is 18.5 Å². The summed E-state index contributed by atoms with van der Waals surface area (Å²) in [5, 5.41) is 0.873. The molecule has 120 valence electrons. The fraction of sp³-hybridized carbons (Fsp3) is 0.467. The van der Waals surface area contributed by atoms with Crippen LogP contribution in [0.3, 0.4) is 0 Å². The van der Waals surface area contributed by atoms with E-state index in [1.54, 1.807) is 35.0 Å². The zero-order chi connectivity index (χ0) is 16.2. The van der Waals surface area contributed by atoms with Crippen molar-refractivity contribution in [2.75, 3.05) is 23.8 Å². The minimum atomic E-state index is -3.04. The predicted molar refractivity (Wildman–Crippen MR) is 88.9 cm³/mol. The maximum Gasteiger partial charge on any atom is 0.255 e. The predicted octanol–water partition coefficient (Wildman–Crippen LogP) is 2.01. The highest BCUT2D eigenvalue weighted by Crippen LogP contribution is 2.21. The average Bonchev–Trinajstić information content (AvgIpc) is 2.85. The summed E-state index contributed by atoms with van der Waals surface area (Å²) in [4.78, 5) is 18.5. The molecule has 0 spiro atoms. The van der Waals surface area contributed by atoms with Gasteiger partial charge in [-0.15, -0.1) is 18.3 Å². The van der Waals surface area contributed by atoms with Gasteiger partial charge in [-0.25, -0.2) is 13.4 Å². The lowest BCUT2D eigenvalue weighted by atomic mass is 10.1. The molecular formula is C15H20N2O3S2. The van der Waals surface area contributed by atoms with Gasteiger partial charge in [-0.2, -0.15) is 0 Å². The van der Waals surface area contributed by atoms with Gasteiger partial charge in [-0.3, -0.25) is 4.79 Å². The van der Waals surface area contributed by atoms with Gasteiger partial charge in [0, 0.05) is 18.8 Å². The molecule has 5 nitrogen and oxygen atoms in total. The molecular weight excluding hydrogens is 320 g/mol. The smallest absolute Gasteiger partial charge is 0.255 e. The first-order chi connectivity index (χ1) is 10.5. The van der Waals surface area contributed by atoms with Gasteiger partial charge in [0.1, 0.15) is 0 Å². The van der Waals surface area contributed by atoms with Crippen LogP contribution in [0, 0.1) is 0 Å². The quantitative estimate of drug-likeness (QED) is 0.585. The van der Waals surface area contributed by atoms with E-state index in [-0.39, 0.29) is 23.5 Å². The van der Waals surface area contributed by atoms with Crippen LogP contribution in [0.25, 0.3) is 0 Å². The van der Waals surface area contributed by atoms with Gasteiger partial charge >= 0.3 is 0 Å². The molecule has 0 bridgehead atoms. The molecule has 1 aliphatic rings. The number of nitrogens with zero attached hydrogens (tertiary/aromatic N) is 2. The van der Waals surface area contributed by atoms with Crippen molar-refractivity contribution in [3.05, 3.63) is 36.5 Å². The number of carbonyl (C=O) groups excluding carboxylic acids is 1. The summed E-state index contributed by atoms with van der Waals surface area (Å²) in [5.41, 5.74) is 0.478. The van der Waals surface area contributed by atoms with Gasteiger partial charge in [0.05, 0.1) is 22.1 Å². The Bertz CT molecular complexity index is 641. The summed E-state index contributed by atoms with van der Waals surface area (Å²) in [6.07, 6.45) is 3.66. The normalized spacial score (nSPS) is 19.8. The molecule has 22 heavy (non-hydrogen) atoms. The van der Waals surface area contributed by atoms with Gasteiger partial charge in [-0.05, 0) is 24.3 Å². The number of sulfone groups is 1. The molecule has 1 aromatic rings. The Hall–Kier alpha value is -1.34. The minimum Gasteiger partial charge on any atom is -0.331 e. The molecule has 0 aromatic carbocycles. The van der Waals surface area contributed by atoms with Crippen LogP contribution >= 0.6 is 11.8 Å². The van der Waals surface area contributed by atoms with Gasteiger partial charge in [0.2, 0.25) is 0 Å². The highest BCUT2D eigenvalue weighted by molar-refractivity contribution is 7.99. The van der Waals surface area contributed by atoms with Crippen LogP contribution in [0.1, 0.15) is 23.7 Å². The first kappa shape index (κ1) is 17.0. The van der Waals surface area contributed by atoms with Crippen molar-refractivity contribution < 1.29 is 13.2 Å². The van der Waals surface area contributed by atoms with Crippen molar-refractivity contribution in [1.29, 1.82) is 0 Å². The number of hydrogen-bond acceptors (Lipinski definition) is 5. The molecule has 1 fully saturated rings. The molecule has 0 saturated carbocycles. The average molecular weight is 340 g/mol. The Morgan fingerprint density at radius 1 is 1.55 bits per heavy atom. The fourth-order valence-electron chi connectivity index (χ4n) is 2.46. The standard InChI is InChI=1S/C15H20N2O3S2/c1-3-8-17(13-7-9-22(19,20)11-13)15(18)12-5-6-14(16-10-12)21-4-2/h3,5-6,10,13H,1,4,7-9,11H2,2H3. The van der Waals surface area contributed by atoms with Crippen LogP contribution in [0.2, 0.25) is 0 Å². The SMILES string of the molecule is C=CCN(C(=O)c1ccc(SCC)nc1)C1CCS(=O)(=O)C1. The van der Waals surface area contributed by atoms with E-state index in [4.69, 9.17) is 0 Å². The molecule has 1 aliphatic heterocycles. The molecule has 1 amide bonds. The topological polar surface area (TPSA) is 67.3 Å². The molecule has 2 heterocycles. The van der Waals surface area contributed by atoms with E-state index >= 15 is 0 Å². The number of amides is 1. The summed E-state index contributed by atoms with van der Waals surface area (Å²) in [6, 6.07) is 3.28. The highest BCUT2D eigenvalue weighted by atomic mass is 32.2. The van der Waals surface area contributed by atoms with Crippen LogP contribution in [0.5, 0.6) is 0 Å². The van der Waals surface area contributed by atoms with E-state index in [2.05, 4.69) is 11.6 Å². The summed E-state index contributed by atoms with van der Waals surface area (Å²) in [5.74, 6) is 0.901. The summed E-state index contributed by atoms with van der Waals surface area (Å²) in [6.45, 7) is 6.04. The second kappa shape index (κ2) is 7.28. The molecule has 1 unspecified atom stereocenters. The van der Waals surface area contributed by atoms with Gasteiger partial charge in [0.15, 0.2) is 9.84 Å². The molecule has 1 atom stereocenters. The molecule has 0 aliphatic carbocycles. The van der Waals surface area contributed by atoms with Crippen LogP contribution < -0.4 is 0 Å². The first-order valence-corrected chi connectivity index (χ1v) is 9.98. The zero-order valence-electron chi connectivity index (χ0n) is 12.6. The van der Waals surface area contributed by atoms with E-state index in [0.717, 1.165) is 10.8 Å². The zero-order valence-corrected chi connectivity index (χ0v) is 14.2. The lowest BCUT2D eigenvalue weighted by Gasteiger charge is -2.27. The first-order valence-electron chi connectivity index (χ1n) is 7.18. The highest BCUT2D eigenvalue weighted by Gasteiger charge is 2.34. The number of hydrogen-bond donors (Lipinski definition) is 0. The summed E-state index contributed by atoms with van der Waals surface area (Å²) < 4.78 is 23.3. The Morgan fingerprint density at radius 3 is 2.82 bits per heavy atom. The Balaban J connectivity index is 2.17. The number of pyridine rings is 1. The van der Waals surface area contributed by atoms with Crippen molar-refractivity contribution in [2.45, 2.75) is 24.4 Å². The second-order valence-electron chi connectivity index (χ2n) is 5.12. The molecule has 1 aromatic heterocycles. The third-order valence-electron chi connectivity index (χ3n) is 3.51. The lowest BCUT2D eigenvalue weighted by molar-refractivity contribution is 0.0720. The van der Waals surface area contributed by atoms with Crippen LogP contribution in [-0.4, -0.2) is 54.1 Å². The number of thioether (sulfide) groups is 1. The van der Waals surface area contributed by atoms with Crippen molar-refractivity contribution in [3.63, 3.8) is 0 Å². The van der Waals surface area contributed by atoms with Crippen molar-refractivity contribution in [3.8, 4) is 0 Å². The number of carbonyl (C=O) groups is 1. The molecule has 2 rings (SSSR count). The van der Waals surface area contributed by atoms with E-state index in [1.165, 1.54) is 0 Å². The number of rotatable bonds is 6.